The molecule has 1 unspecified atom stereocenters. The molecule has 126 valence electrons. The molecule has 0 saturated carbocycles. The van der Waals surface area contributed by atoms with Crippen molar-refractivity contribution in [3.8, 4) is 0 Å². The van der Waals surface area contributed by atoms with Gasteiger partial charge in [-0.2, -0.15) is 5.10 Å². The molecule has 0 aliphatic heterocycles. The molecular weight excluding hydrogens is 307 g/mol. The second-order valence-corrected chi connectivity index (χ2v) is 5.08. The lowest BCUT2D eigenvalue weighted by atomic mass is 10.2. The van der Waals surface area contributed by atoms with Gasteiger partial charge in [0.2, 0.25) is 0 Å². The molecule has 0 aromatic carbocycles. The van der Waals surface area contributed by atoms with E-state index < -0.39 is 0 Å². The average molecular weight is 339 g/mol. The van der Waals surface area contributed by atoms with Gasteiger partial charge in [-0.15, -0.1) is 24.8 Å². The molecule has 0 fully saturated rings. The maximum absolute atomic E-state index is 4.41. The van der Waals surface area contributed by atoms with Crippen LogP contribution in [0.1, 0.15) is 52.3 Å². The van der Waals surface area contributed by atoms with Crippen LogP contribution in [0.4, 0.5) is 0 Å². The Bertz CT molecular complexity index is 340. The highest BCUT2D eigenvalue weighted by Crippen LogP contribution is 2.11. The number of hydrogen-bond donors (Lipinski definition) is 1. The highest BCUT2D eigenvalue weighted by Gasteiger charge is 2.07. The minimum absolute atomic E-state index is 0. The molecule has 0 saturated heterocycles. The Morgan fingerprint density at radius 1 is 1.24 bits per heavy atom. The quantitative estimate of drug-likeness (QED) is 0.662. The predicted octanol–water partition coefficient (Wildman–Crippen LogP) is 3.52. The molecule has 1 N–H and O–H groups in total. The van der Waals surface area contributed by atoms with E-state index >= 15 is 0 Å². The van der Waals surface area contributed by atoms with Crippen LogP contribution in [-0.4, -0.2) is 40.9 Å². The second-order valence-electron chi connectivity index (χ2n) is 5.08. The van der Waals surface area contributed by atoms with Crippen molar-refractivity contribution in [1.29, 1.82) is 0 Å². The van der Waals surface area contributed by atoms with Crippen LogP contribution in [0, 0.1) is 0 Å². The van der Waals surface area contributed by atoms with Gasteiger partial charge in [0, 0.05) is 18.8 Å². The molecule has 0 radical (unpaired) electrons. The SMILES string of the molecule is CCC(C)n1nccc1CNCCCN(CC)CC.Cl.Cl. The highest BCUT2D eigenvalue weighted by molar-refractivity contribution is 5.85. The molecule has 0 aliphatic rings. The van der Waals surface area contributed by atoms with E-state index in [1.807, 2.05) is 6.20 Å². The first-order valence-corrected chi connectivity index (χ1v) is 7.68. The minimum atomic E-state index is 0. The lowest BCUT2D eigenvalue weighted by Crippen LogP contribution is -2.27. The molecule has 1 aromatic rings. The van der Waals surface area contributed by atoms with Crippen LogP contribution in [-0.2, 0) is 6.54 Å². The number of rotatable bonds is 10. The van der Waals surface area contributed by atoms with Crippen LogP contribution in [0.3, 0.4) is 0 Å². The van der Waals surface area contributed by atoms with Gasteiger partial charge in [-0.1, -0.05) is 20.8 Å². The lowest BCUT2D eigenvalue weighted by molar-refractivity contribution is 0.297. The fourth-order valence-corrected chi connectivity index (χ4v) is 2.24. The van der Waals surface area contributed by atoms with Gasteiger partial charge in [-0.05, 0) is 52.0 Å². The van der Waals surface area contributed by atoms with Gasteiger partial charge in [0.05, 0.1) is 5.69 Å². The number of aromatic nitrogens is 2. The van der Waals surface area contributed by atoms with Crippen LogP contribution in [0.15, 0.2) is 12.3 Å². The summed E-state index contributed by atoms with van der Waals surface area (Å²) in [7, 11) is 0. The Hall–Kier alpha value is -0.290. The molecule has 0 bridgehead atoms. The molecular formula is C15H32Cl2N4. The Morgan fingerprint density at radius 3 is 2.48 bits per heavy atom. The molecule has 1 heterocycles. The predicted molar refractivity (Wildman–Crippen MR) is 95.8 cm³/mol. The Balaban J connectivity index is 0. The molecule has 4 nitrogen and oxygen atoms in total. The zero-order valence-electron chi connectivity index (χ0n) is 13.8. The van der Waals surface area contributed by atoms with Crippen molar-refractivity contribution in [2.45, 2.75) is 53.1 Å². The van der Waals surface area contributed by atoms with E-state index in [1.165, 1.54) is 18.7 Å². The zero-order valence-corrected chi connectivity index (χ0v) is 15.5. The van der Waals surface area contributed by atoms with Crippen molar-refractivity contribution in [3.05, 3.63) is 18.0 Å². The molecule has 1 aromatic heterocycles. The fraction of sp³-hybridized carbons (Fsp3) is 0.800. The van der Waals surface area contributed by atoms with Gasteiger partial charge >= 0.3 is 0 Å². The summed E-state index contributed by atoms with van der Waals surface area (Å²) in [5, 5.41) is 7.93. The first kappa shape index (κ1) is 23.0. The maximum atomic E-state index is 4.41. The lowest BCUT2D eigenvalue weighted by Gasteiger charge is -2.18. The first-order chi connectivity index (χ1) is 9.22. The van der Waals surface area contributed by atoms with Crippen molar-refractivity contribution in [3.63, 3.8) is 0 Å². The molecule has 6 heteroatoms. The summed E-state index contributed by atoms with van der Waals surface area (Å²) in [6.07, 6.45) is 4.23. The molecule has 1 rings (SSSR count). The van der Waals surface area contributed by atoms with E-state index in [9.17, 15) is 0 Å². The van der Waals surface area contributed by atoms with Crippen LogP contribution >= 0.6 is 24.8 Å². The maximum Gasteiger partial charge on any atom is 0.0525 e. The smallest absolute Gasteiger partial charge is 0.0525 e. The Kier molecular flexibility index (Phi) is 14.6. The summed E-state index contributed by atoms with van der Waals surface area (Å²) >= 11 is 0. The van der Waals surface area contributed by atoms with Gasteiger partial charge in [-0.3, -0.25) is 4.68 Å². The summed E-state index contributed by atoms with van der Waals surface area (Å²) in [6, 6.07) is 2.60. The number of hydrogen-bond acceptors (Lipinski definition) is 3. The summed E-state index contributed by atoms with van der Waals surface area (Å²) in [5.74, 6) is 0. The van der Waals surface area contributed by atoms with E-state index in [0.29, 0.717) is 6.04 Å². The molecule has 0 amide bonds. The van der Waals surface area contributed by atoms with Gasteiger partial charge in [-0.25, -0.2) is 0 Å². The van der Waals surface area contributed by atoms with E-state index in [4.69, 9.17) is 0 Å². The number of nitrogens with one attached hydrogen (secondary N) is 1. The number of halogens is 2. The fourth-order valence-electron chi connectivity index (χ4n) is 2.24. The van der Waals surface area contributed by atoms with Crippen LogP contribution in [0.25, 0.3) is 0 Å². The average Bonchev–Trinajstić information content (AvgIpc) is 2.90. The third-order valence-corrected chi connectivity index (χ3v) is 3.79. The molecule has 1 atom stereocenters. The van der Waals surface area contributed by atoms with Crippen molar-refractivity contribution >= 4 is 24.8 Å². The largest absolute Gasteiger partial charge is 0.311 e. The normalized spacial score (nSPS) is 11.9. The third-order valence-electron chi connectivity index (χ3n) is 3.79. The van der Waals surface area contributed by atoms with Gasteiger partial charge in [0.25, 0.3) is 0 Å². The van der Waals surface area contributed by atoms with E-state index in [1.54, 1.807) is 0 Å². The summed E-state index contributed by atoms with van der Waals surface area (Å²) in [6.45, 7) is 14.3. The van der Waals surface area contributed by atoms with Gasteiger partial charge < -0.3 is 10.2 Å². The highest BCUT2D eigenvalue weighted by atomic mass is 35.5. The second kappa shape index (κ2) is 13.4. The van der Waals surface area contributed by atoms with Crippen molar-refractivity contribution in [2.24, 2.45) is 0 Å². The summed E-state index contributed by atoms with van der Waals surface area (Å²) in [5.41, 5.74) is 1.29. The summed E-state index contributed by atoms with van der Waals surface area (Å²) in [4.78, 5) is 2.46. The minimum Gasteiger partial charge on any atom is -0.311 e. The van der Waals surface area contributed by atoms with Gasteiger partial charge in [0.15, 0.2) is 0 Å². The zero-order chi connectivity index (χ0) is 14.1. The van der Waals surface area contributed by atoms with Crippen LogP contribution in [0.2, 0.25) is 0 Å². The first-order valence-electron chi connectivity index (χ1n) is 7.68. The monoisotopic (exact) mass is 338 g/mol. The van der Waals surface area contributed by atoms with E-state index in [0.717, 1.165) is 32.6 Å². The Morgan fingerprint density at radius 2 is 1.90 bits per heavy atom. The van der Waals surface area contributed by atoms with Crippen molar-refractivity contribution in [2.75, 3.05) is 26.2 Å². The topological polar surface area (TPSA) is 33.1 Å². The molecule has 21 heavy (non-hydrogen) atoms. The van der Waals surface area contributed by atoms with Gasteiger partial charge in [0.1, 0.15) is 0 Å². The number of nitrogens with zero attached hydrogens (tertiary/aromatic N) is 3. The standard InChI is InChI=1S/C15H30N4.2ClH/c1-5-14(4)19-15(9-11-17-19)13-16-10-8-12-18(6-2)7-3;;/h9,11,14,16H,5-8,10,12-13H2,1-4H3;2*1H. The van der Waals surface area contributed by atoms with E-state index in [-0.39, 0.29) is 24.8 Å². The van der Waals surface area contributed by atoms with Crippen molar-refractivity contribution in [1.82, 2.24) is 20.0 Å². The third kappa shape index (κ3) is 8.05. The summed E-state index contributed by atoms with van der Waals surface area (Å²) < 4.78 is 2.14. The molecule has 0 spiro atoms. The van der Waals surface area contributed by atoms with Crippen LogP contribution in [0.5, 0.6) is 0 Å². The van der Waals surface area contributed by atoms with Crippen LogP contribution < -0.4 is 5.32 Å². The van der Waals surface area contributed by atoms with Crippen molar-refractivity contribution < 1.29 is 0 Å². The molecule has 0 aliphatic carbocycles. The van der Waals surface area contributed by atoms with E-state index in [2.05, 4.69) is 53.8 Å². The Labute approximate surface area is 142 Å².